The maximum absolute atomic E-state index is 5.99. The first kappa shape index (κ1) is 12.8. The number of halogens is 3. The Balaban J connectivity index is 2.09. The van der Waals surface area contributed by atoms with E-state index in [1.165, 1.54) is 0 Å². The van der Waals surface area contributed by atoms with Gasteiger partial charge in [-0.1, -0.05) is 47.5 Å². The minimum atomic E-state index is 0.504. The summed E-state index contributed by atoms with van der Waals surface area (Å²) >= 11 is 17.7. The third kappa shape index (κ3) is 2.44. The zero-order valence-electron chi connectivity index (χ0n) is 9.75. The van der Waals surface area contributed by atoms with Crippen molar-refractivity contribution in [2.24, 2.45) is 0 Å². The standard InChI is InChI=1S/C14H9Cl3N2/c15-7-8-1-3-9(4-2-8)14-18-12-5-10(16)11(17)6-13(12)19-14/h1-6H,7H2,(H,18,19). The second-order valence-electron chi connectivity index (χ2n) is 4.20. The van der Waals surface area contributed by atoms with Gasteiger partial charge in [-0.2, -0.15) is 0 Å². The van der Waals surface area contributed by atoms with E-state index in [4.69, 9.17) is 34.8 Å². The summed E-state index contributed by atoms with van der Waals surface area (Å²) in [5.74, 6) is 1.29. The number of aromatic nitrogens is 2. The van der Waals surface area contributed by atoms with Crippen LogP contribution in [0.2, 0.25) is 10.0 Å². The van der Waals surface area contributed by atoms with E-state index < -0.39 is 0 Å². The number of nitrogens with zero attached hydrogens (tertiary/aromatic N) is 1. The number of benzene rings is 2. The summed E-state index contributed by atoms with van der Waals surface area (Å²) < 4.78 is 0. The summed E-state index contributed by atoms with van der Waals surface area (Å²) in [7, 11) is 0. The summed E-state index contributed by atoms with van der Waals surface area (Å²) in [6.45, 7) is 0. The van der Waals surface area contributed by atoms with Gasteiger partial charge in [-0.05, 0) is 17.7 Å². The van der Waals surface area contributed by atoms with E-state index >= 15 is 0 Å². The topological polar surface area (TPSA) is 28.7 Å². The van der Waals surface area contributed by atoms with Crippen molar-refractivity contribution in [3.63, 3.8) is 0 Å². The van der Waals surface area contributed by atoms with E-state index in [2.05, 4.69) is 9.97 Å². The Morgan fingerprint density at radius 2 is 1.68 bits per heavy atom. The summed E-state index contributed by atoms with van der Waals surface area (Å²) in [6.07, 6.45) is 0. The quantitative estimate of drug-likeness (QED) is 0.641. The highest BCUT2D eigenvalue weighted by Crippen LogP contribution is 2.28. The van der Waals surface area contributed by atoms with E-state index in [1.54, 1.807) is 12.1 Å². The van der Waals surface area contributed by atoms with Gasteiger partial charge in [0.15, 0.2) is 0 Å². The number of nitrogens with one attached hydrogen (secondary N) is 1. The first-order valence-electron chi connectivity index (χ1n) is 5.67. The molecule has 0 amide bonds. The molecule has 2 nitrogen and oxygen atoms in total. The van der Waals surface area contributed by atoms with Gasteiger partial charge < -0.3 is 4.98 Å². The number of rotatable bonds is 2. The molecule has 3 rings (SSSR count). The highest BCUT2D eigenvalue weighted by molar-refractivity contribution is 6.42. The molecule has 0 unspecified atom stereocenters. The number of hydrogen-bond acceptors (Lipinski definition) is 1. The molecule has 0 saturated heterocycles. The lowest BCUT2D eigenvalue weighted by Gasteiger charge is -1.98. The van der Waals surface area contributed by atoms with Crippen LogP contribution in [-0.2, 0) is 5.88 Å². The summed E-state index contributed by atoms with van der Waals surface area (Å²) in [5.41, 5.74) is 3.74. The van der Waals surface area contributed by atoms with Crippen molar-refractivity contribution in [1.29, 1.82) is 0 Å². The monoisotopic (exact) mass is 310 g/mol. The van der Waals surface area contributed by atoms with Crippen molar-refractivity contribution in [1.82, 2.24) is 9.97 Å². The number of alkyl halides is 1. The molecule has 1 N–H and O–H groups in total. The second kappa shape index (κ2) is 5.04. The lowest BCUT2D eigenvalue weighted by molar-refractivity contribution is 1.32. The van der Waals surface area contributed by atoms with Gasteiger partial charge in [0.1, 0.15) is 5.82 Å². The van der Waals surface area contributed by atoms with E-state index in [9.17, 15) is 0 Å². The average molecular weight is 312 g/mol. The molecule has 0 radical (unpaired) electrons. The van der Waals surface area contributed by atoms with E-state index in [1.807, 2.05) is 24.3 Å². The molecule has 0 fully saturated rings. The minimum absolute atomic E-state index is 0.504. The van der Waals surface area contributed by atoms with Crippen LogP contribution in [0, 0.1) is 0 Å². The zero-order valence-corrected chi connectivity index (χ0v) is 12.0. The molecule has 0 saturated carbocycles. The van der Waals surface area contributed by atoms with E-state index in [0.29, 0.717) is 15.9 Å². The van der Waals surface area contributed by atoms with Crippen molar-refractivity contribution in [2.45, 2.75) is 5.88 Å². The molecule has 19 heavy (non-hydrogen) atoms. The lowest BCUT2D eigenvalue weighted by atomic mass is 10.1. The van der Waals surface area contributed by atoms with Gasteiger partial charge in [0.25, 0.3) is 0 Å². The summed E-state index contributed by atoms with van der Waals surface area (Å²) in [4.78, 5) is 7.74. The van der Waals surface area contributed by atoms with E-state index in [0.717, 1.165) is 28.0 Å². The Hall–Kier alpha value is -1.22. The highest BCUT2D eigenvalue weighted by atomic mass is 35.5. The fourth-order valence-electron chi connectivity index (χ4n) is 1.89. The number of aromatic amines is 1. The van der Waals surface area contributed by atoms with Crippen molar-refractivity contribution in [2.75, 3.05) is 0 Å². The first-order valence-corrected chi connectivity index (χ1v) is 6.96. The third-order valence-corrected chi connectivity index (χ3v) is 3.94. The SMILES string of the molecule is ClCc1ccc(-c2nc3cc(Cl)c(Cl)cc3[nH]2)cc1. The molecule has 2 aromatic carbocycles. The van der Waals surface area contributed by atoms with Gasteiger partial charge in [-0.15, -0.1) is 11.6 Å². The van der Waals surface area contributed by atoms with Crippen LogP contribution in [0.3, 0.4) is 0 Å². The number of H-pyrrole nitrogens is 1. The van der Waals surface area contributed by atoms with Gasteiger partial charge in [0.2, 0.25) is 0 Å². The van der Waals surface area contributed by atoms with Gasteiger partial charge in [-0.25, -0.2) is 4.98 Å². The molecule has 1 heterocycles. The molecular weight excluding hydrogens is 303 g/mol. The van der Waals surface area contributed by atoms with Crippen LogP contribution < -0.4 is 0 Å². The molecule has 3 aromatic rings. The molecule has 0 aliphatic rings. The van der Waals surface area contributed by atoms with Gasteiger partial charge in [-0.3, -0.25) is 0 Å². The fraction of sp³-hybridized carbons (Fsp3) is 0.0714. The van der Waals surface area contributed by atoms with Gasteiger partial charge >= 0.3 is 0 Å². The predicted molar refractivity (Wildman–Crippen MR) is 81.1 cm³/mol. The number of hydrogen-bond donors (Lipinski definition) is 1. The van der Waals surface area contributed by atoms with Crippen LogP contribution in [0.4, 0.5) is 0 Å². The Morgan fingerprint density at radius 1 is 1.00 bits per heavy atom. The zero-order chi connectivity index (χ0) is 13.4. The van der Waals surface area contributed by atoms with Crippen LogP contribution >= 0.6 is 34.8 Å². The van der Waals surface area contributed by atoms with Crippen LogP contribution in [0.15, 0.2) is 36.4 Å². The predicted octanol–water partition coefficient (Wildman–Crippen LogP) is 5.28. The maximum Gasteiger partial charge on any atom is 0.138 e. The normalized spacial score (nSPS) is 11.1. The first-order chi connectivity index (χ1) is 9.17. The van der Waals surface area contributed by atoms with Crippen molar-refractivity contribution in [3.05, 3.63) is 52.0 Å². The molecule has 5 heteroatoms. The molecule has 0 spiro atoms. The van der Waals surface area contributed by atoms with Crippen LogP contribution in [0.5, 0.6) is 0 Å². The number of fused-ring (bicyclic) bond motifs is 1. The summed E-state index contributed by atoms with van der Waals surface area (Å²) in [6, 6.07) is 11.5. The Labute approximate surface area is 125 Å². The average Bonchev–Trinajstić information content (AvgIpc) is 2.82. The van der Waals surface area contributed by atoms with Crippen molar-refractivity contribution >= 4 is 45.8 Å². The van der Waals surface area contributed by atoms with Gasteiger partial charge in [0, 0.05) is 11.4 Å². The largest absolute Gasteiger partial charge is 0.338 e. The molecule has 1 aromatic heterocycles. The van der Waals surface area contributed by atoms with Crippen molar-refractivity contribution in [3.8, 4) is 11.4 Å². The van der Waals surface area contributed by atoms with Crippen LogP contribution in [0.1, 0.15) is 5.56 Å². The molecule has 0 aliphatic heterocycles. The molecule has 0 bridgehead atoms. The van der Waals surface area contributed by atoms with Crippen LogP contribution in [-0.4, -0.2) is 9.97 Å². The highest BCUT2D eigenvalue weighted by Gasteiger charge is 2.08. The molecule has 0 atom stereocenters. The maximum atomic E-state index is 5.99. The Kier molecular flexibility index (Phi) is 3.40. The molecule has 0 aliphatic carbocycles. The molecular formula is C14H9Cl3N2. The number of imidazole rings is 1. The fourth-order valence-corrected chi connectivity index (χ4v) is 2.39. The van der Waals surface area contributed by atoms with Crippen LogP contribution in [0.25, 0.3) is 22.4 Å². The Morgan fingerprint density at radius 3 is 2.37 bits per heavy atom. The smallest absolute Gasteiger partial charge is 0.138 e. The van der Waals surface area contributed by atoms with Gasteiger partial charge in [0.05, 0.1) is 21.1 Å². The van der Waals surface area contributed by atoms with Crippen molar-refractivity contribution < 1.29 is 0 Å². The second-order valence-corrected chi connectivity index (χ2v) is 5.28. The third-order valence-electron chi connectivity index (χ3n) is 2.91. The summed E-state index contributed by atoms with van der Waals surface area (Å²) in [5, 5.41) is 1.02. The minimum Gasteiger partial charge on any atom is -0.338 e. The Bertz CT molecular complexity index is 693. The lowest BCUT2D eigenvalue weighted by Crippen LogP contribution is -1.82. The van der Waals surface area contributed by atoms with E-state index in [-0.39, 0.29) is 0 Å². The molecule has 96 valence electrons.